The van der Waals surface area contributed by atoms with Crippen molar-refractivity contribution in [2.75, 3.05) is 5.32 Å². The highest BCUT2D eigenvalue weighted by atomic mass is 79.9. The summed E-state index contributed by atoms with van der Waals surface area (Å²) in [5.74, 6) is -0.753. The van der Waals surface area contributed by atoms with Crippen molar-refractivity contribution < 1.29 is 9.18 Å². The number of carbonyl (C=O) groups is 1. The molecule has 0 fully saturated rings. The lowest BCUT2D eigenvalue weighted by molar-refractivity contribution is -0.115. The molecule has 0 bridgehead atoms. The van der Waals surface area contributed by atoms with Crippen LogP contribution in [-0.4, -0.2) is 21.4 Å². The van der Waals surface area contributed by atoms with Gasteiger partial charge in [-0.3, -0.25) is 4.79 Å². The standard InChI is InChI=1S/C11H9BrFN3OS2/c1-6(19-11-16-14-5-18-11)10(17)15-9-3-2-7(12)4-8(9)13/h2-6H,1H3,(H,15,17)/t6-/m1/s1. The number of carbonyl (C=O) groups excluding carboxylic acids is 1. The molecule has 1 N–H and O–H groups in total. The number of rotatable bonds is 4. The summed E-state index contributed by atoms with van der Waals surface area (Å²) in [6, 6.07) is 4.49. The number of thioether (sulfide) groups is 1. The van der Waals surface area contributed by atoms with Crippen LogP contribution in [0.15, 0.2) is 32.5 Å². The van der Waals surface area contributed by atoms with Crippen LogP contribution in [0, 0.1) is 5.82 Å². The summed E-state index contributed by atoms with van der Waals surface area (Å²) in [7, 11) is 0. The van der Waals surface area contributed by atoms with Gasteiger partial charge in [-0.2, -0.15) is 0 Å². The van der Waals surface area contributed by atoms with Crippen molar-refractivity contribution in [2.24, 2.45) is 0 Å². The van der Waals surface area contributed by atoms with E-state index in [0.717, 1.165) is 0 Å². The number of aromatic nitrogens is 2. The topological polar surface area (TPSA) is 54.9 Å². The molecule has 0 saturated carbocycles. The molecule has 0 spiro atoms. The molecule has 1 aromatic heterocycles. The third-order valence-electron chi connectivity index (χ3n) is 2.18. The first kappa shape index (κ1) is 14.4. The number of halogens is 2. The van der Waals surface area contributed by atoms with Crippen molar-refractivity contribution in [1.29, 1.82) is 0 Å². The lowest BCUT2D eigenvalue weighted by Crippen LogP contribution is -2.22. The van der Waals surface area contributed by atoms with Crippen molar-refractivity contribution in [2.45, 2.75) is 16.5 Å². The number of anilines is 1. The quantitative estimate of drug-likeness (QED) is 0.845. The second kappa shape index (κ2) is 6.44. The van der Waals surface area contributed by atoms with Crippen molar-refractivity contribution >= 4 is 50.6 Å². The Bertz CT molecular complexity index is 579. The van der Waals surface area contributed by atoms with Gasteiger partial charge in [0.1, 0.15) is 11.3 Å². The van der Waals surface area contributed by atoms with Gasteiger partial charge < -0.3 is 5.32 Å². The molecule has 0 aliphatic heterocycles. The second-order valence-electron chi connectivity index (χ2n) is 3.58. The molecule has 100 valence electrons. The van der Waals surface area contributed by atoms with E-state index in [1.54, 1.807) is 18.5 Å². The summed E-state index contributed by atoms with van der Waals surface area (Å²) >= 11 is 5.81. The average molecular weight is 362 g/mol. The zero-order valence-electron chi connectivity index (χ0n) is 9.76. The van der Waals surface area contributed by atoms with E-state index in [1.807, 2.05) is 0 Å². The van der Waals surface area contributed by atoms with Crippen LogP contribution in [0.3, 0.4) is 0 Å². The van der Waals surface area contributed by atoms with E-state index in [0.29, 0.717) is 8.81 Å². The Balaban J connectivity index is 2.00. The lowest BCUT2D eigenvalue weighted by atomic mass is 10.3. The summed E-state index contributed by atoms with van der Waals surface area (Å²) in [6.45, 7) is 1.73. The Morgan fingerprint density at radius 3 is 3.00 bits per heavy atom. The molecule has 1 aromatic carbocycles. The maximum absolute atomic E-state index is 13.6. The van der Waals surface area contributed by atoms with Crippen molar-refractivity contribution in [1.82, 2.24) is 10.2 Å². The van der Waals surface area contributed by atoms with E-state index in [-0.39, 0.29) is 16.8 Å². The number of amides is 1. The lowest BCUT2D eigenvalue weighted by Gasteiger charge is -2.11. The van der Waals surface area contributed by atoms with Crippen LogP contribution >= 0.6 is 39.0 Å². The fourth-order valence-electron chi connectivity index (χ4n) is 1.24. The van der Waals surface area contributed by atoms with Crippen LogP contribution < -0.4 is 5.32 Å². The van der Waals surface area contributed by atoms with E-state index in [1.165, 1.54) is 35.2 Å². The van der Waals surface area contributed by atoms with Crippen LogP contribution in [0.1, 0.15) is 6.92 Å². The van der Waals surface area contributed by atoms with E-state index < -0.39 is 5.82 Å². The van der Waals surface area contributed by atoms with E-state index in [2.05, 4.69) is 31.4 Å². The Hall–Kier alpha value is -0.990. The predicted molar refractivity (Wildman–Crippen MR) is 78.0 cm³/mol. The predicted octanol–water partition coefficient (Wildman–Crippen LogP) is 3.56. The maximum Gasteiger partial charge on any atom is 0.237 e. The molecule has 19 heavy (non-hydrogen) atoms. The van der Waals surface area contributed by atoms with Crippen LogP contribution in [0.5, 0.6) is 0 Å². The molecule has 1 amide bonds. The van der Waals surface area contributed by atoms with Gasteiger partial charge in [-0.25, -0.2) is 4.39 Å². The molecule has 1 heterocycles. The number of nitrogens with zero attached hydrogens (tertiary/aromatic N) is 2. The fourth-order valence-corrected chi connectivity index (χ4v) is 3.20. The Kier molecular flexibility index (Phi) is 4.89. The largest absolute Gasteiger partial charge is 0.323 e. The number of hydrogen-bond acceptors (Lipinski definition) is 5. The first-order valence-electron chi connectivity index (χ1n) is 5.25. The molecule has 1 atom stereocenters. The normalized spacial score (nSPS) is 12.2. The average Bonchev–Trinajstić information content (AvgIpc) is 2.85. The first-order chi connectivity index (χ1) is 9.06. The molecular weight excluding hydrogens is 353 g/mol. The molecule has 2 rings (SSSR count). The molecule has 0 unspecified atom stereocenters. The van der Waals surface area contributed by atoms with Gasteiger partial charge in [0, 0.05) is 4.47 Å². The Morgan fingerprint density at radius 2 is 2.37 bits per heavy atom. The van der Waals surface area contributed by atoms with Gasteiger partial charge in [0.15, 0.2) is 4.34 Å². The van der Waals surface area contributed by atoms with Gasteiger partial charge in [-0.1, -0.05) is 39.0 Å². The summed E-state index contributed by atoms with van der Waals surface area (Å²) in [5, 5.41) is 9.71. The van der Waals surface area contributed by atoms with Gasteiger partial charge in [0.25, 0.3) is 0 Å². The van der Waals surface area contributed by atoms with Crippen molar-refractivity contribution in [3.63, 3.8) is 0 Å². The summed E-state index contributed by atoms with van der Waals surface area (Å²) in [6.07, 6.45) is 0. The third-order valence-corrected chi connectivity index (χ3v) is 4.58. The minimum absolute atomic E-state index is 0.165. The smallest absolute Gasteiger partial charge is 0.237 e. The zero-order valence-corrected chi connectivity index (χ0v) is 13.0. The molecule has 0 aliphatic carbocycles. The van der Waals surface area contributed by atoms with Crippen LogP contribution in [-0.2, 0) is 4.79 Å². The third kappa shape index (κ3) is 3.99. The van der Waals surface area contributed by atoms with Crippen molar-refractivity contribution in [3.8, 4) is 0 Å². The number of nitrogens with one attached hydrogen (secondary N) is 1. The fraction of sp³-hybridized carbons (Fsp3) is 0.182. The highest BCUT2D eigenvalue weighted by Gasteiger charge is 2.17. The highest BCUT2D eigenvalue weighted by Crippen LogP contribution is 2.26. The summed E-state index contributed by atoms with van der Waals surface area (Å²) in [4.78, 5) is 11.9. The summed E-state index contributed by atoms with van der Waals surface area (Å²) in [5.41, 5.74) is 1.76. The zero-order chi connectivity index (χ0) is 13.8. The summed E-state index contributed by atoms with van der Waals surface area (Å²) < 4.78 is 14.9. The Labute approximate surface area is 125 Å². The molecule has 0 saturated heterocycles. The van der Waals surface area contributed by atoms with Crippen molar-refractivity contribution in [3.05, 3.63) is 34.0 Å². The van der Waals surface area contributed by atoms with E-state index in [9.17, 15) is 9.18 Å². The SMILES string of the molecule is C[C@@H](Sc1nncs1)C(=O)Nc1ccc(Br)cc1F. The van der Waals surface area contributed by atoms with Crippen LogP contribution in [0.4, 0.5) is 10.1 Å². The maximum atomic E-state index is 13.6. The molecule has 8 heteroatoms. The number of hydrogen-bond donors (Lipinski definition) is 1. The molecular formula is C11H9BrFN3OS2. The minimum atomic E-state index is -0.476. The van der Waals surface area contributed by atoms with E-state index in [4.69, 9.17) is 0 Å². The van der Waals surface area contributed by atoms with E-state index >= 15 is 0 Å². The van der Waals surface area contributed by atoms with Crippen LogP contribution in [0.25, 0.3) is 0 Å². The Morgan fingerprint density at radius 1 is 1.58 bits per heavy atom. The van der Waals surface area contributed by atoms with Gasteiger partial charge in [-0.15, -0.1) is 10.2 Å². The molecule has 0 radical (unpaired) electrons. The molecule has 4 nitrogen and oxygen atoms in total. The van der Waals surface area contributed by atoms with Crippen LogP contribution in [0.2, 0.25) is 0 Å². The molecule has 2 aromatic rings. The van der Waals surface area contributed by atoms with Gasteiger partial charge >= 0.3 is 0 Å². The van der Waals surface area contributed by atoms with Gasteiger partial charge in [-0.05, 0) is 25.1 Å². The minimum Gasteiger partial charge on any atom is -0.323 e. The second-order valence-corrected chi connectivity index (χ2v) is 6.91. The van der Waals surface area contributed by atoms with Gasteiger partial charge in [0.2, 0.25) is 5.91 Å². The first-order valence-corrected chi connectivity index (χ1v) is 7.80. The monoisotopic (exact) mass is 361 g/mol. The van der Waals surface area contributed by atoms with Gasteiger partial charge in [0.05, 0.1) is 10.9 Å². The molecule has 0 aliphatic rings. The number of benzene rings is 1. The highest BCUT2D eigenvalue weighted by molar-refractivity contribution is 9.10.